The summed E-state index contributed by atoms with van der Waals surface area (Å²) in [5.74, 6) is 2.72. The fraction of sp³-hybridized carbons (Fsp3) is 0.348. The Bertz CT molecular complexity index is 1140. The van der Waals surface area contributed by atoms with E-state index in [1.165, 1.54) is 24.6 Å². The van der Waals surface area contributed by atoms with Crippen LogP contribution in [0, 0.1) is 10.1 Å². The third-order valence-electron chi connectivity index (χ3n) is 5.53. The molecule has 0 bridgehead atoms. The van der Waals surface area contributed by atoms with E-state index in [4.69, 9.17) is 9.47 Å². The van der Waals surface area contributed by atoms with Crippen LogP contribution in [0.4, 0.5) is 5.69 Å². The summed E-state index contributed by atoms with van der Waals surface area (Å²) in [5.41, 5.74) is -0.106. The molecule has 10 heteroatoms. The SMILES string of the molecule is COc1ccc(Oc2ccc([N+](=O)[O-])cc2C(=O)NCCc2nnc3n2CCCCC3)cc1. The molecule has 1 amide bonds. The van der Waals surface area contributed by atoms with E-state index in [1.54, 1.807) is 31.4 Å². The van der Waals surface area contributed by atoms with Crippen molar-refractivity contribution in [2.24, 2.45) is 0 Å². The number of nitrogens with zero attached hydrogens (tertiary/aromatic N) is 4. The number of rotatable bonds is 8. The molecule has 3 aromatic rings. The molecule has 2 heterocycles. The standard InChI is InChI=1S/C23H25N5O5/c1-32-17-7-9-18(10-8-17)33-20-11-6-16(28(30)31)15-19(20)23(29)24-13-12-22-26-25-21-5-3-2-4-14-27(21)22/h6-11,15H,2-5,12-14H2,1H3,(H,24,29). The zero-order valence-corrected chi connectivity index (χ0v) is 18.3. The predicted molar refractivity (Wildman–Crippen MR) is 120 cm³/mol. The molecule has 0 aliphatic carbocycles. The van der Waals surface area contributed by atoms with Crippen molar-refractivity contribution in [3.63, 3.8) is 0 Å². The number of aromatic nitrogens is 3. The molecule has 172 valence electrons. The minimum Gasteiger partial charge on any atom is -0.497 e. The number of methoxy groups -OCH3 is 1. The van der Waals surface area contributed by atoms with Crippen molar-refractivity contribution in [2.75, 3.05) is 13.7 Å². The molecule has 0 atom stereocenters. The van der Waals surface area contributed by atoms with Crippen molar-refractivity contribution in [2.45, 2.75) is 38.6 Å². The number of non-ortho nitro benzene ring substituents is 1. The van der Waals surface area contributed by atoms with Gasteiger partial charge in [0.05, 0.1) is 17.6 Å². The lowest BCUT2D eigenvalue weighted by atomic mass is 10.1. The molecule has 1 N–H and O–H groups in total. The molecule has 0 radical (unpaired) electrons. The van der Waals surface area contributed by atoms with E-state index in [9.17, 15) is 14.9 Å². The van der Waals surface area contributed by atoms with Crippen molar-refractivity contribution in [3.05, 3.63) is 69.8 Å². The van der Waals surface area contributed by atoms with Crippen molar-refractivity contribution in [1.29, 1.82) is 0 Å². The summed E-state index contributed by atoms with van der Waals surface area (Å²) >= 11 is 0. The normalized spacial score (nSPS) is 13.0. The van der Waals surface area contributed by atoms with E-state index in [2.05, 4.69) is 20.1 Å². The number of benzene rings is 2. The van der Waals surface area contributed by atoms with Gasteiger partial charge in [-0.25, -0.2) is 0 Å². The average Bonchev–Trinajstić information content (AvgIpc) is 3.05. The fourth-order valence-electron chi connectivity index (χ4n) is 3.78. The van der Waals surface area contributed by atoms with E-state index in [1.807, 2.05) is 0 Å². The first-order chi connectivity index (χ1) is 16.0. The van der Waals surface area contributed by atoms with Gasteiger partial charge >= 0.3 is 0 Å². The third kappa shape index (κ3) is 5.28. The fourth-order valence-corrected chi connectivity index (χ4v) is 3.78. The Morgan fingerprint density at radius 3 is 2.67 bits per heavy atom. The summed E-state index contributed by atoms with van der Waals surface area (Å²) in [5, 5.41) is 22.6. The number of nitro benzene ring substituents is 1. The first-order valence-corrected chi connectivity index (χ1v) is 10.8. The van der Waals surface area contributed by atoms with Gasteiger partial charge in [0, 0.05) is 38.1 Å². The number of nitro groups is 1. The van der Waals surface area contributed by atoms with Crippen molar-refractivity contribution in [1.82, 2.24) is 20.1 Å². The summed E-state index contributed by atoms with van der Waals surface area (Å²) in [6.07, 6.45) is 4.80. The van der Waals surface area contributed by atoms with Crippen LogP contribution in [-0.4, -0.2) is 39.2 Å². The Balaban J connectivity index is 1.47. The number of carbonyl (C=O) groups is 1. The van der Waals surface area contributed by atoms with Crippen LogP contribution in [0.3, 0.4) is 0 Å². The van der Waals surface area contributed by atoms with Crippen LogP contribution < -0.4 is 14.8 Å². The van der Waals surface area contributed by atoms with Crippen LogP contribution in [-0.2, 0) is 19.4 Å². The van der Waals surface area contributed by atoms with Gasteiger partial charge in [0.15, 0.2) is 0 Å². The number of amides is 1. The number of hydrogen-bond donors (Lipinski definition) is 1. The van der Waals surface area contributed by atoms with Gasteiger partial charge in [-0.15, -0.1) is 10.2 Å². The molecule has 1 aromatic heterocycles. The maximum absolute atomic E-state index is 12.9. The van der Waals surface area contributed by atoms with Gasteiger partial charge < -0.3 is 19.4 Å². The molecule has 1 aliphatic rings. The van der Waals surface area contributed by atoms with Crippen molar-refractivity contribution >= 4 is 11.6 Å². The number of aryl methyl sites for hydroxylation is 1. The molecule has 0 spiro atoms. The summed E-state index contributed by atoms with van der Waals surface area (Å²) in [6, 6.07) is 10.8. The molecule has 0 saturated carbocycles. The van der Waals surface area contributed by atoms with Crippen molar-refractivity contribution in [3.8, 4) is 17.2 Å². The topological polar surface area (TPSA) is 121 Å². The number of fused-ring (bicyclic) bond motifs is 1. The maximum atomic E-state index is 12.9. The highest BCUT2D eigenvalue weighted by Gasteiger charge is 2.19. The second kappa shape index (κ2) is 10.1. The molecule has 0 unspecified atom stereocenters. The Hall–Kier alpha value is -3.95. The molecule has 4 rings (SSSR count). The molecule has 10 nitrogen and oxygen atoms in total. The number of carbonyl (C=O) groups excluding carboxylic acids is 1. The molecular weight excluding hydrogens is 426 g/mol. The van der Waals surface area contributed by atoms with Gasteiger partial charge in [-0.05, 0) is 43.2 Å². The van der Waals surface area contributed by atoms with E-state index >= 15 is 0 Å². The van der Waals surface area contributed by atoms with Crippen LogP contribution in [0.15, 0.2) is 42.5 Å². The monoisotopic (exact) mass is 451 g/mol. The number of hydrogen-bond acceptors (Lipinski definition) is 7. The van der Waals surface area contributed by atoms with E-state index in [0.29, 0.717) is 24.5 Å². The highest BCUT2D eigenvalue weighted by Crippen LogP contribution is 2.30. The minimum absolute atomic E-state index is 0.0834. The number of ether oxygens (including phenoxy) is 2. The molecule has 0 fully saturated rings. The van der Waals surface area contributed by atoms with Crippen LogP contribution >= 0.6 is 0 Å². The van der Waals surface area contributed by atoms with Crippen molar-refractivity contribution < 1.29 is 19.2 Å². The third-order valence-corrected chi connectivity index (χ3v) is 5.53. The van der Waals surface area contributed by atoms with Crippen LogP contribution in [0.2, 0.25) is 0 Å². The Morgan fingerprint density at radius 2 is 1.91 bits per heavy atom. The second-order valence-electron chi connectivity index (χ2n) is 7.72. The largest absolute Gasteiger partial charge is 0.497 e. The summed E-state index contributed by atoms with van der Waals surface area (Å²) in [6.45, 7) is 1.21. The zero-order chi connectivity index (χ0) is 23.2. The van der Waals surface area contributed by atoms with Crippen LogP contribution in [0.1, 0.15) is 41.3 Å². The smallest absolute Gasteiger partial charge is 0.270 e. The Morgan fingerprint density at radius 1 is 1.12 bits per heavy atom. The van der Waals surface area contributed by atoms with Gasteiger partial charge in [0.1, 0.15) is 28.9 Å². The Labute approximate surface area is 190 Å². The van der Waals surface area contributed by atoms with Crippen LogP contribution in [0.25, 0.3) is 0 Å². The highest BCUT2D eigenvalue weighted by molar-refractivity contribution is 5.97. The first kappa shape index (κ1) is 22.3. The molecule has 33 heavy (non-hydrogen) atoms. The van der Waals surface area contributed by atoms with E-state index in [-0.39, 0.29) is 17.0 Å². The summed E-state index contributed by atoms with van der Waals surface area (Å²) < 4.78 is 13.1. The molecular formula is C23H25N5O5. The van der Waals surface area contributed by atoms with Gasteiger partial charge in [-0.1, -0.05) is 6.42 Å². The molecule has 0 saturated heterocycles. The summed E-state index contributed by atoms with van der Waals surface area (Å²) in [4.78, 5) is 23.6. The highest BCUT2D eigenvalue weighted by atomic mass is 16.6. The van der Waals surface area contributed by atoms with E-state index in [0.717, 1.165) is 37.5 Å². The zero-order valence-electron chi connectivity index (χ0n) is 18.3. The molecule has 1 aliphatic heterocycles. The van der Waals surface area contributed by atoms with Crippen LogP contribution in [0.5, 0.6) is 17.2 Å². The maximum Gasteiger partial charge on any atom is 0.270 e. The summed E-state index contributed by atoms with van der Waals surface area (Å²) in [7, 11) is 1.56. The lowest BCUT2D eigenvalue weighted by Gasteiger charge is -2.12. The van der Waals surface area contributed by atoms with Gasteiger partial charge in [0.2, 0.25) is 0 Å². The van der Waals surface area contributed by atoms with Gasteiger partial charge in [0.25, 0.3) is 11.6 Å². The quantitative estimate of drug-likeness (QED) is 0.409. The van der Waals surface area contributed by atoms with Gasteiger partial charge in [-0.3, -0.25) is 14.9 Å². The predicted octanol–water partition coefficient (Wildman–Crippen LogP) is 3.69. The lowest BCUT2D eigenvalue weighted by molar-refractivity contribution is -0.384. The minimum atomic E-state index is -0.542. The second-order valence-corrected chi connectivity index (χ2v) is 7.72. The first-order valence-electron chi connectivity index (χ1n) is 10.8. The van der Waals surface area contributed by atoms with E-state index < -0.39 is 10.8 Å². The van der Waals surface area contributed by atoms with Gasteiger partial charge in [-0.2, -0.15) is 0 Å². The molecule has 2 aromatic carbocycles. The Kier molecular flexibility index (Phi) is 6.82. The lowest BCUT2D eigenvalue weighted by Crippen LogP contribution is -2.27. The number of nitrogens with one attached hydrogen (secondary N) is 1. The average molecular weight is 451 g/mol.